The zero-order chi connectivity index (χ0) is 14.7. The molecule has 1 aromatic heterocycles. The second-order valence-corrected chi connectivity index (χ2v) is 5.70. The first-order valence-corrected chi connectivity index (χ1v) is 7.55. The molecular formula is C15H21N3O3. The van der Waals surface area contributed by atoms with Crippen molar-refractivity contribution >= 4 is 5.91 Å². The van der Waals surface area contributed by atoms with Crippen molar-refractivity contribution in [1.82, 2.24) is 15.6 Å². The topological polar surface area (TPSA) is 83.2 Å². The molecule has 2 heterocycles. The van der Waals surface area contributed by atoms with Crippen LogP contribution in [0.5, 0.6) is 0 Å². The highest BCUT2D eigenvalue weighted by molar-refractivity contribution is 5.77. The van der Waals surface area contributed by atoms with Crippen LogP contribution < -0.4 is 16.2 Å². The van der Waals surface area contributed by atoms with Crippen molar-refractivity contribution in [3.63, 3.8) is 0 Å². The zero-order valence-corrected chi connectivity index (χ0v) is 12.0. The Kier molecular flexibility index (Phi) is 4.36. The summed E-state index contributed by atoms with van der Waals surface area (Å²) in [6.45, 7) is 2.09. The molecule has 3 N–H and O–H groups in total. The molecular weight excluding hydrogens is 270 g/mol. The predicted octanol–water partition coefficient (Wildman–Crippen LogP) is 0.247. The monoisotopic (exact) mass is 291 g/mol. The summed E-state index contributed by atoms with van der Waals surface area (Å²) >= 11 is 0. The van der Waals surface area contributed by atoms with Crippen LogP contribution in [0.1, 0.15) is 36.6 Å². The van der Waals surface area contributed by atoms with Crippen molar-refractivity contribution in [1.29, 1.82) is 0 Å². The second-order valence-electron chi connectivity index (χ2n) is 5.70. The number of amides is 1. The van der Waals surface area contributed by atoms with E-state index in [4.69, 9.17) is 4.74 Å². The van der Waals surface area contributed by atoms with E-state index in [1.807, 2.05) is 6.07 Å². The summed E-state index contributed by atoms with van der Waals surface area (Å²) in [6.07, 6.45) is 3.19. The number of rotatable bonds is 3. The van der Waals surface area contributed by atoms with Gasteiger partial charge in [-0.2, -0.15) is 0 Å². The Morgan fingerprint density at radius 3 is 3.14 bits per heavy atom. The lowest BCUT2D eigenvalue weighted by Gasteiger charge is -2.28. The minimum absolute atomic E-state index is 0.00242. The van der Waals surface area contributed by atoms with E-state index in [0.29, 0.717) is 19.6 Å². The van der Waals surface area contributed by atoms with Crippen LogP contribution >= 0.6 is 0 Å². The van der Waals surface area contributed by atoms with Gasteiger partial charge >= 0.3 is 0 Å². The van der Waals surface area contributed by atoms with Crippen molar-refractivity contribution in [2.24, 2.45) is 0 Å². The lowest BCUT2D eigenvalue weighted by atomic mass is 9.91. The van der Waals surface area contributed by atoms with Gasteiger partial charge in [0.2, 0.25) is 11.5 Å². The third kappa shape index (κ3) is 3.51. The quantitative estimate of drug-likeness (QED) is 0.745. The van der Waals surface area contributed by atoms with Crippen LogP contribution in [-0.4, -0.2) is 36.7 Å². The molecule has 6 nitrogen and oxygen atoms in total. The predicted molar refractivity (Wildman–Crippen MR) is 78.1 cm³/mol. The van der Waals surface area contributed by atoms with Crippen LogP contribution in [0.3, 0.4) is 0 Å². The van der Waals surface area contributed by atoms with Crippen LogP contribution in [0, 0.1) is 0 Å². The molecule has 1 aromatic rings. The zero-order valence-electron chi connectivity index (χ0n) is 12.0. The molecule has 1 aliphatic heterocycles. The van der Waals surface area contributed by atoms with Gasteiger partial charge in [0, 0.05) is 30.8 Å². The van der Waals surface area contributed by atoms with Crippen LogP contribution in [0.25, 0.3) is 0 Å². The van der Waals surface area contributed by atoms with Crippen molar-refractivity contribution in [2.75, 3.05) is 19.8 Å². The van der Waals surface area contributed by atoms with E-state index in [1.54, 1.807) is 0 Å². The third-order valence-corrected chi connectivity index (χ3v) is 4.10. The smallest absolute Gasteiger partial charge is 0.248 e. The first-order valence-electron chi connectivity index (χ1n) is 7.55. The number of fused-ring (bicyclic) bond motifs is 1. The van der Waals surface area contributed by atoms with E-state index >= 15 is 0 Å². The van der Waals surface area contributed by atoms with Crippen molar-refractivity contribution < 1.29 is 9.53 Å². The Morgan fingerprint density at radius 1 is 1.43 bits per heavy atom. The summed E-state index contributed by atoms with van der Waals surface area (Å²) in [4.78, 5) is 26.4. The number of hydrogen-bond acceptors (Lipinski definition) is 4. The SMILES string of the molecule is O=C(CC1COCCN1)NC1CCCc2[nH]c(=O)ccc21. The van der Waals surface area contributed by atoms with Gasteiger partial charge < -0.3 is 20.4 Å². The summed E-state index contributed by atoms with van der Waals surface area (Å²) in [7, 11) is 0. The Morgan fingerprint density at radius 2 is 2.33 bits per heavy atom. The number of aromatic amines is 1. The van der Waals surface area contributed by atoms with Crippen molar-refractivity contribution in [2.45, 2.75) is 37.8 Å². The number of nitrogens with one attached hydrogen (secondary N) is 3. The molecule has 21 heavy (non-hydrogen) atoms. The van der Waals surface area contributed by atoms with E-state index in [0.717, 1.165) is 37.1 Å². The number of H-pyrrole nitrogens is 1. The van der Waals surface area contributed by atoms with E-state index in [9.17, 15) is 9.59 Å². The van der Waals surface area contributed by atoms with E-state index in [1.165, 1.54) is 6.07 Å². The highest BCUT2D eigenvalue weighted by Gasteiger charge is 2.24. The van der Waals surface area contributed by atoms with Gasteiger partial charge in [-0.3, -0.25) is 9.59 Å². The Bertz CT molecular complexity index is 564. The molecule has 1 fully saturated rings. The highest BCUT2D eigenvalue weighted by atomic mass is 16.5. The molecule has 114 valence electrons. The van der Waals surface area contributed by atoms with Gasteiger partial charge in [0.1, 0.15) is 0 Å². The first kappa shape index (κ1) is 14.3. The largest absolute Gasteiger partial charge is 0.378 e. The minimum Gasteiger partial charge on any atom is -0.378 e. The lowest BCUT2D eigenvalue weighted by Crippen LogP contribution is -2.45. The molecule has 2 unspecified atom stereocenters. The van der Waals surface area contributed by atoms with Crippen LogP contribution in [0.15, 0.2) is 16.9 Å². The summed E-state index contributed by atoms with van der Waals surface area (Å²) < 4.78 is 5.36. The Labute approximate surface area is 123 Å². The van der Waals surface area contributed by atoms with E-state index < -0.39 is 0 Å². The van der Waals surface area contributed by atoms with Crippen molar-refractivity contribution in [3.05, 3.63) is 33.7 Å². The average Bonchev–Trinajstić information content (AvgIpc) is 2.48. The molecule has 1 aliphatic carbocycles. The number of carbonyl (C=O) groups is 1. The van der Waals surface area contributed by atoms with Crippen LogP contribution in [0.2, 0.25) is 0 Å². The molecule has 0 aromatic carbocycles. The lowest BCUT2D eigenvalue weighted by molar-refractivity contribution is -0.123. The molecule has 6 heteroatoms. The maximum atomic E-state index is 12.2. The van der Waals surface area contributed by atoms with Gasteiger partial charge in [-0.25, -0.2) is 0 Å². The van der Waals surface area contributed by atoms with Gasteiger partial charge in [-0.05, 0) is 30.9 Å². The summed E-state index contributed by atoms with van der Waals surface area (Å²) in [6, 6.07) is 3.46. The Balaban J connectivity index is 1.63. The van der Waals surface area contributed by atoms with Gasteiger partial charge in [-0.15, -0.1) is 0 Å². The van der Waals surface area contributed by atoms with E-state index in [-0.39, 0.29) is 23.6 Å². The average molecular weight is 291 g/mol. The summed E-state index contributed by atoms with van der Waals surface area (Å²) in [5.74, 6) is 0.0297. The highest BCUT2D eigenvalue weighted by Crippen LogP contribution is 2.27. The summed E-state index contributed by atoms with van der Waals surface area (Å²) in [5.41, 5.74) is 1.92. The normalized spacial score (nSPS) is 25.1. The molecule has 0 saturated carbocycles. The van der Waals surface area contributed by atoms with Crippen LogP contribution in [0.4, 0.5) is 0 Å². The fourth-order valence-electron chi connectivity index (χ4n) is 3.08. The van der Waals surface area contributed by atoms with Gasteiger partial charge in [-0.1, -0.05) is 0 Å². The van der Waals surface area contributed by atoms with Gasteiger partial charge in [0.25, 0.3) is 0 Å². The number of morpholine rings is 1. The Hall–Kier alpha value is -1.66. The fraction of sp³-hybridized carbons (Fsp3) is 0.600. The molecule has 0 bridgehead atoms. The van der Waals surface area contributed by atoms with E-state index in [2.05, 4.69) is 15.6 Å². The number of aryl methyl sites for hydroxylation is 1. The maximum Gasteiger partial charge on any atom is 0.248 e. The number of pyridine rings is 1. The number of aromatic nitrogens is 1. The number of ether oxygens (including phenoxy) is 1. The van der Waals surface area contributed by atoms with Gasteiger partial charge in [0.05, 0.1) is 19.3 Å². The molecule has 1 amide bonds. The summed E-state index contributed by atoms with van der Waals surface area (Å²) in [5, 5.41) is 6.37. The maximum absolute atomic E-state index is 12.2. The molecule has 0 radical (unpaired) electrons. The molecule has 0 spiro atoms. The number of carbonyl (C=O) groups excluding carboxylic acids is 1. The molecule has 1 saturated heterocycles. The van der Waals surface area contributed by atoms with Gasteiger partial charge in [0.15, 0.2) is 0 Å². The third-order valence-electron chi connectivity index (χ3n) is 4.10. The fourth-order valence-corrected chi connectivity index (χ4v) is 3.08. The number of hydrogen-bond donors (Lipinski definition) is 3. The van der Waals surface area contributed by atoms with Crippen molar-refractivity contribution in [3.8, 4) is 0 Å². The molecule has 2 aliphatic rings. The second kappa shape index (κ2) is 6.41. The molecule has 3 rings (SSSR count). The standard InChI is InChI=1S/C15H21N3O3/c19-14-5-4-11-12(17-14)2-1-3-13(11)18-15(20)8-10-9-21-7-6-16-10/h4-5,10,13,16H,1-3,6-9H2,(H,17,19)(H,18,20). The minimum atomic E-state index is -0.0794. The van der Waals surface area contributed by atoms with Crippen LogP contribution in [-0.2, 0) is 16.0 Å². The molecule has 2 atom stereocenters. The first-order chi connectivity index (χ1) is 10.2.